The number of aliphatic hydroxyl groups excluding tert-OH is 1. The molecule has 0 saturated heterocycles. The number of amides is 2. The maximum absolute atomic E-state index is 13.7. The van der Waals surface area contributed by atoms with Gasteiger partial charge in [-0.1, -0.05) is 23.2 Å². The summed E-state index contributed by atoms with van der Waals surface area (Å²) in [5, 5.41) is 14.1. The first kappa shape index (κ1) is 17.9. The zero-order valence-corrected chi connectivity index (χ0v) is 14.2. The average molecular weight is 392 g/mol. The number of halogens is 4. The van der Waals surface area contributed by atoms with Crippen LogP contribution in [0.4, 0.5) is 14.5 Å². The van der Waals surface area contributed by atoms with E-state index in [0.717, 1.165) is 4.57 Å². The number of aromatic nitrogens is 1. The molecule has 1 aliphatic heterocycles. The zero-order chi connectivity index (χ0) is 18.3. The van der Waals surface area contributed by atoms with Gasteiger partial charge in [-0.2, -0.15) is 8.78 Å². The van der Waals surface area contributed by atoms with E-state index >= 15 is 0 Å². The van der Waals surface area contributed by atoms with Crippen LogP contribution in [0.5, 0.6) is 0 Å². The molecule has 0 spiro atoms. The number of carbonyl (C=O) groups excluding carboxylic acids is 2. The molecule has 0 bridgehead atoms. The lowest BCUT2D eigenvalue weighted by molar-refractivity contribution is -0.120. The molecule has 10 heteroatoms. The van der Waals surface area contributed by atoms with Gasteiger partial charge in [0, 0.05) is 24.0 Å². The second kappa shape index (κ2) is 6.78. The van der Waals surface area contributed by atoms with Gasteiger partial charge in [-0.15, -0.1) is 0 Å². The lowest BCUT2D eigenvalue weighted by atomic mass is 10.0. The van der Waals surface area contributed by atoms with Crippen LogP contribution in [0.25, 0.3) is 10.9 Å². The van der Waals surface area contributed by atoms with Gasteiger partial charge in [0.25, 0.3) is 0 Å². The molecule has 0 unspecified atom stereocenters. The van der Waals surface area contributed by atoms with Gasteiger partial charge >= 0.3 is 6.55 Å². The number of alkyl halides is 2. The number of aliphatic hydroxyl groups is 1. The van der Waals surface area contributed by atoms with E-state index in [1.54, 1.807) is 0 Å². The highest BCUT2D eigenvalue weighted by Gasteiger charge is 2.29. The molecule has 0 atom stereocenters. The molecular weight excluding hydrogens is 379 g/mol. The molecule has 1 aromatic carbocycles. The Bertz CT molecular complexity index is 883. The van der Waals surface area contributed by atoms with Crippen LogP contribution in [-0.2, 0) is 22.4 Å². The standard InChI is InChI=1S/C15H13Cl2F2N3O3/c16-7-4-8(21-11(25)5-23)12-6-3-10(24)20-2-1-9(6)22(15(18)19)14(12)13(7)17/h4,15,23H,1-3,5H2,(H,20,24)(H,21,25). The number of anilines is 1. The minimum atomic E-state index is -2.91. The highest BCUT2D eigenvalue weighted by atomic mass is 35.5. The summed E-state index contributed by atoms with van der Waals surface area (Å²) in [6.07, 6.45) is 0.0485. The molecule has 0 saturated carbocycles. The van der Waals surface area contributed by atoms with E-state index in [4.69, 9.17) is 28.3 Å². The maximum Gasteiger partial charge on any atom is 0.319 e. The number of carbonyl (C=O) groups is 2. The maximum atomic E-state index is 13.7. The van der Waals surface area contributed by atoms with Crippen LogP contribution in [0.15, 0.2) is 6.07 Å². The second-order valence-electron chi connectivity index (χ2n) is 5.50. The fraction of sp³-hybridized carbons (Fsp3) is 0.333. The second-order valence-corrected chi connectivity index (χ2v) is 6.28. The van der Waals surface area contributed by atoms with Crippen molar-refractivity contribution in [2.45, 2.75) is 19.4 Å². The molecule has 0 aliphatic carbocycles. The summed E-state index contributed by atoms with van der Waals surface area (Å²) in [6, 6.07) is 1.32. The number of hydrogen-bond donors (Lipinski definition) is 3. The van der Waals surface area contributed by atoms with E-state index in [9.17, 15) is 18.4 Å². The zero-order valence-electron chi connectivity index (χ0n) is 12.7. The van der Waals surface area contributed by atoms with E-state index in [-0.39, 0.29) is 57.6 Å². The molecule has 2 aromatic rings. The van der Waals surface area contributed by atoms with Gasteiger partial charge < -0.3 is 15.7 Å². The number of hydrogen-bond acceptors (Lipinski definition) is 3. The fourth-order valence-corrected chi connectivity index (χ4v) is 3.52. The summed E-state index contributed by atoms with van der Waals surface area (Å²) in [7, 11) is 0. The molecule has 6 nitrogen and oxygen atoms in total. The third-order valence-corrected chi connectivity index (χ3v) is 4.79. The molecule has 3 rings (SSSR count). The number of nitrogens with zero attached hydrogens (tertiary/aromatic N) is 1. The summed E-state index contributed by atoms with van der Waals surface area (Å²) in [4.78, 5) is 23.5. The number of benzene rings is 1. The summed E-state index contributed by atoms with van der Waals surface area (Å²) in [6.45, 7) is -3.49. The Labute approximate surface area is 150 Å². The molecule has 25 heavy (non-hydrogen) atoms. The fourth-order valence-electron chi connectivity index (χ4n) is 3.08. The van der Waals surface area contributed by atoms with Crippen molar-refractivity contribution in [2.24, 2.45) is 0 Å². The first-order valence-electron chi connectivity index (χ1n) is 7.34. The molecule has 134 valence electrons. The normalized spacial score (nSPS) is 14.4. The summed E-state index contributed by atoms with van der Waals surface area (Å²) in [5.41, 5.74) is 0.690. The van der Waals surface area contributed by atoms with Crippen molar-refractivity contribution in [2.75, 3.05) is 18.5 Å². The van der Waals surface area contributed by atoms with Crippen LogP contribution < -0.4 is 10.6 Å². The first-order chi connectivity index (χ1) is 11.8. The van der Waals surface area contributed by atoms with Crippen molar-refractivity contribution in [3.8, 4) is 0 Å². The lowest BCUT2D eigenvalue weighted by Gasteiger charge is -2.12. The van der Waals surface area contributed by atoms with Gasteiger partial charge in [0.2, 0.25) is 11.8 Å². The minimum absolute atomic E-state index is 0.0265. The van der Waals surface area contributed by atoms with Crippen LogP contribution in [-0.4, -0.2) is 34.6 Å². The van der Waals surface area contributed by atoms with Crippen molar-refractivity contribution in [1.29, 1.82) is 0 Å². The Morgan fingerprint density at radius 3 is 2.80 bits per heavy atom. The highest BCUT2D eigenvalue weighted by Crippen LogP contribution is 2.43. The molecule has 3 N–H and O–H groups in total. The molecule has 1 aliphatic rings. The van der Waals surface area contributed by atoms with Crippen LogP contribution in [0.1, 0.15) is 17.8 Å². The predicted molar refractivity (Wildman–Crippen MR) is 89.3 cm³/mol. The molecule has 0 radical (unpaired) electrons. The molecule has 2 heterocycles. The Morgan fingerprint density at radius 2 is 2.16 bits per heavy atom. The summed E-state index contributed by atoms with van der Waals surface area (Å²) >= 11 is 12.2. The van der Waals surface area contributed by atoms with Crippen molar-refractivity contribution in [3.63, 3.8) is 0 Å². The Kier molecular flexibility index (Phi) is 4.86. The van der Waals surface area contributed by atoms with Gasteiger partial charge in [-0.3, -0.25) is 14.2 Å². The lowest BCUT2D eigenvalue weighted by Crippen LogP contribution is -2.24. The third-order valence-electron chi connectivity index (χ3n) is 4.01. The quantitative estimate of drug-likeness (QED) is 0.751. The van der Waals surface area contributed by atoms with E-state index in [0.29, 0.717) is 5.56 Å². The van der Waals surface area contributed by atoms with Gasteiger partial charge in [-0.05, 0) is 11.6 Å². The minimum Gasteiger partial charge on any atom is -0.387 e. The smallest absolute Gasteiger partial charge is 0.319 e. The number of rotatable bonds is 3. The predicted octanol–water partition coefficient (Wildman–Crippen LogP) is 2.49. The Hall–Kier alpha value is -1.90. The van der Waals surface area contributed by atoms with Gasteiger partial charge in [0.1, 0.15) is 6.61 Å². The molecule has 2 amide bonds. The van der Waals surface area contributed by atoms with E-state index in [1.165, 1.54) is 6.07 Å². The monoisotopic (exact) mass is 391 g/mol. The van der Waals surface area contributed by atoms with Crippen LogP contribution in [0.2, 0.25) is 10.0 Å². The van der Waals surface area contributed by atoms with Gasteiger partial charge in [0.15, 0.2) is 0 Å². The summed E-state index contributed by atoms with van der Waals surface area (Å²) in [5.74, 6) is -1.06. The van der Waals surface area contributed by atoms with Crippen LogP contribution in [0.3, 0.4) is 0 Å². The molecule has 1 aromatic heterocycles. The number of nitrogens with one attached hydrogen (secondary N) is 2. The van der Waals surface area contributed by atoms with E-state index < -0.39 is 19.1 Å². The van der Waals surface area contributed by atoms with Gasteiger partial charge in [0.05, 0.1) is 27.7 Å². The SMILES string of the molecule is O=C1Cc2c(n(C(F)F)c3c(Cl)c(Cl)cc(NC(=O)CO)c23)CCN1. The Balaban J connectivity index is 2.40. The third kappa shape index (κ3) is 3.05. The summed E-state index contributed by atoms with van der Waals surface area (Å²) < 4.78 is 28.2. The van der Waals surface area contributed by atoms with E-state index in [1.807, 2.05) is 0 Å². The topological polar surface area (TPSA) is 83.4 Å². The van der Waals surface area contributed by atoms with Crippen LogP contribution in [0, 0.1) is 0 Å². The first-order valence-corrected chi connectivity index (χ1v) is 8.10. The Morgan fingerprint density at radius 1 is 1.44 bits per heavy atom. The van der Waals surface area contributed by atoms with Crippen molar-refractivity contribution >= 4 is 51.6 Å². The van der Waals surface area contributed by atoms with Gasteiger partial charge in [-0.25, -0.2) is 0 Å². The highest BCUT2D eigenvalue weighted by molar-refractivity contribution is 6.46. The number of fused-ring (bicyclic) bond motifs is 3. The largest absolute Gasteiger partial charge is 0.387 e. The molecule has 0 fully saturated rings. The average Bonchev–Trinajstić information content (AvgIpc) is 2.75. The van der Waals surface area contributed by atoms with E-state index in [2.05, 4.69) is 10.6 Å². The van der Waals surface area contributed by atoms with Crippen molar-refractivity contribution < 1.29 is 23.5 Å². The van der Waals surface area contributed by atoms with Crippen LogP contribution >= 0.6 is 23.2 Å². The van der Waals surface area contributed by atoms with Crippen molar-refractivity contribution in [3.05, 3.63) is 27.4 Å². The van der Waals surface area contributed by atoms with Crippen molar-refractivity contribution in [1.82, 2.24) is 9.88 Å². The molecular formula is C15H13Cl2F2N3O3.